The van der Waals surface area contributed by atoms with Crippen LogP contribution >= 0.6 is 0 Å². The van der Waals surface area contributed by atoms with Crippen molar-refractivity contribution < 1.29 is 8.42 Å². The van der Waals surface area contributed by atoms with Crippen LogP contribution in [0.15, 0.2) is 0 Å². The van der Waals surface area contributed by atoms with Crippen molar-refractivity contribution >= 4 is 10.0 Å². The highest BCUT2D eigenvalue weighted by Gasteiger charge is 2.09. The van der Waals surface area contributed by atoms with Crippen LogP contribution in [0.5, 0.6) is 0 Å². The summed E-state index contributed by atoms with van der Waals surface area (Å²) in [6, 6.07) is 0.500. The molecule has 0 saturated carbocycles. The zero-order chi connectivity index (χ0) is 14.0. The third kappa shape index (κ3) is 9.82. The molecule has 18 heavy (non-hydrogen) atoms. The Morgan fingerprint density at radius 3 is 2.39 bits per heavy atom. The number of hydrogen-bond donors (Lipinski definition) is 2. The summed E-state index contributed by atoms with van der Waals surface area (Å²) in [4.78, 5) is 2.21. The Bertz CT molecular complexity index is 292. The summed E-state index contributed by atoms with van der Waals surface area (Å²) in [7, 11) is -1.06. The van der Waals surface area contributed by atoms with E-state index >= 15 is 0 Å². The van der Waals surface area contributed by atoms with Gasteiger partial charge in [-0.2, -0.15) is 0 Å². The topological polar surface area (TPSA) is 61.4 Å². The number of sulfonamides is 1. The molecule has 0 amide bonds. The van der Waals surface area contributed by atoms with Gasteiger partial charge in [0, 0.05) is 19.1 Å². The maximum Gasteiger partial charge on any atom is 0.212 e. The third-order valence-electron chi connectivity index (χ3n) is 2.87. The van der Waals surface area contributed by atoms with Crippen molar-refractivity contribution in [1.82, 2.24) is 14.9 Å². The minimum atomic E-state index is -3.11. The van der Waals surface area contributed by atoms with Crippen LogP contribution < -0.4 is 10.0 Å². The van der Waals surface area contributed by atoms with Gasteiger partial charge in [-0.25, -0.2) is 13.1 Å². The van der Waals surface area contributed by atoms with E-state index in [2.05, 4.69) is 35.7 Å². The maximum atomic E-state index is 11.6. The van der Waals surface area contributed by atoms with Crippen LogP contribution in [0, 0.1) is 0 Å². The molecule has 0 bridgehead atoms. The van der Waals surface area contributed by atoms with E-state index in [0.717, 1.165) is 25.9 Å². The smallest absolute Gasteiger partial charge is 0.212 e. The van der Waals surface area contributed by atoms with Gasteiger partial charge in [0.25, 0.3) is 0 Å². The van der Waals surface area contributed by atoms with E-state index in [4.69, 9.17) is 0 Å². The van der Waals surface area contributed by atoms with Crippen molar-refractivity contribution in [1.29, 1.82) is 0 Å². The second kappa shape index (κ2) is 9.72. The molecule has 0 aromatic rings. The van der Waals surface area contributed by atoms with Crippen molar-refractivity contribution in [2.45, 2.75) is 39.7 Å². The molecule has 0 fully saturated rings. The Labute approximate surface area is 112 Å². The maximum absolute atomic E-state index is 11.6. The highest BCUT2D eigenvalue weighted by atomic mass is 32.2. The Hall–Kier alpha value is -0.170. The molecule has 0 aliphatic heterocycles. The molecular weight excluding hydrogens is 250 g/mol. The first-order valence-electron chi connectivity index (χ1n) is 6.77. The fourth-order valence-corrected chi connectivity index (χ4v) is 2.41. The molecule has 0 aliphatic carbocycles. The molecule has 110 valence electrons. The lowest BCUT2D eigenvalue weighted by Crippen LogP contribution is -2.34. The average molecular weight is 279 g/mol. The Morgan fingerprint density at radius 1 is 1.17 bits per heavy atom. The van der Waals surface area contributed by atoms with Gasteiger partial charge >= 0.3 is 0 Å². The molecule has 2 N–H and O–H groups in total. The summed E-state index contributed by atoms with van der Waals surface area (Å²) in [6.07, 6.45) is 1.87. The van der Waals surface area contributed by atoms with Crippen molar-refractivity contribution in [3.05, 3.63) is 0 Å². The number of nitrogens with zero attached hydrogens (tertiary/aromatic N) is 1. The van der Waals surface area contributed by atoms with Gasteiger partial charge in [0.1, 0.15) is 0 Å². The lowest BCUT2D eigenvalue weighted by molar-refractivity contribution is 0.271. The van der Waals surface area contributed by atoms with E-state index in [0.29, 0.717) is 19.1 Å². The molecular formula is C12H29N3O2S. The van der Waals surface area contributed by atoms with E-state index in [-0.39, 0.29) is 5.75 Å². The predicted molar refractivity (Wildman–Crippen MR) is 77.3 cm³/mol. The summed E-state index contributed by atoms with van der Waals surface area (Å²) in [5, 5.41) is 3.09. The molecule has 5 nitrogen and oxygen atoms in total. The van der Waals surface area contributed by atoms with Gasteiger partial charge in [0.2, 0.25) is 10.0 Å². The highest BCUT2D eigenvalue weighted by molar-refractivity contribution is 7.89. The summed E-state index contributed by atoms with van der Waals surface area (Å²) < 4.78 is 25.9. The highest BCUT2D eigenvalue weighted by Crippen LogP contribution is 1.94. The molecule has 0 unspecified atom stereocenters. The van der Waals surface area contributed by atoms with Gasteiger partial charge in [0.15, 0.2) is 0 Å². The minimum absolute atomic E-state index is 0.160. The van der Waals surface area contributed by atoms with Gasteiger partial charge in [-0.3, -0.25) is 0 Å². The second-order valence-electron chi connectivity index (χ2n) is 4.89. The van der Waals surface area contributed by atoms with Crippen LogP contribution in [0.25, 0.3) is 0 Å². The predicted octanol–water partition coefficient (Wildman–Crippen LogP) is 0.636. The number of hydrogen-bond acceptors (Lipinski definition) is 4. The Balaban J connectivity index is 3.64. The zero-order valence-corrected chi connectivity index (χ0v) is 13.0. The van der Waals surface area contributed by atoms with Gasteiger partial charge in [-0.05, 0) is 46.8 Å². The van der Waals surface area contributed by atoms with E-state index in [1.165, 1.54) is 0 Å². The first-order chi connectivity index (χ1) is 8.39. The molecule has 0 atom stereocenters. The Morgan fingerprint density at radius 2 is 1.83 bits per heavy atom. The minimum Gasteiger partial charge on any atom is -0.316 e. The standard InChI is InChI=1S/C12H29N3O2S/c1-5-7-13-9-11-18(16,17)14-8-6-10-15(4)12(2)3/h12-14H,5-11H2,1-4H3. The molecule has 0 spiro atoms. The molecule has 6 heteroatoms. The van der Waals surface area contributed by atoms with E-state index < -0.39 is 10.0 Å². The van der Waals surface area contributed by atoms with Crippen LogP contribution in [0.3, 0.4) is 0 Å². The molecule has 0 aliphatic rings. The van der Waals surface area contributed by atoms with E-state index in [1.807, 2.05) is 7.05 Å². The third-order valence-corrected chi connectivity index (χ3v) is 4.25. The van der Waals surface area contributed by atoms with Crippen LogP contribution in [0.2, 0.25) is 0 Å². The van der Waals surface area contributed by atoms with Gasteiger partial charge in [0.05, 0.1) is 5.75 Å². The zero-order valence-electron chi connectivity index (χ0n) is 12.2. The van der Waals surface area contributed by atoms with Crippen LogP contribution in [0.1, 0.15) is 33.6 Å². The number of nitrogens with one attached hydrogen (secondary N) is 2. The monoisotopic (exact) mass is 279 g/mol. The fraction of sp³-hybridized carbons (Fsp3) is 1.00. The van der Waals surface area contributed by atoms with Gasteiger partial charge in [-0.1, -0.05) is 6.92 Å². The first-order valence-corrected chi connectivity index (χ1v) is 8.42. The quantitative estimate of drug-likeness (QED) is 0.545. The molecule has 0 rings (SSSR count). The molecule has 0 heterocycles. The SMILES string of the molecule is CCCNCCS(=O)(=O)NCCCN(C)C(C)C. The summed E-state index contributed by atoms with van der Waals surface area (Å²) in [5.74, 6) is 0.160. The van der Waals surface area contributed by atoms with Crippen molar-refractivity contribution in [3.8, 4) is 0 Å². The normalized spacial score (nSPS) is 12.6. The van der Waals surface area contributed by atoms with Gasteiger partial charge in [-0.15, -0.1) is 0 Å². The fourth-order valence-electron chi connectivity index (χ4n) is 1.39. The van der Waals surface area contributed by atoms with Crippen LogP contribution in [0.4, 0.5) is 0 Å². The van der Waals surface area contributed by atoms with Crippen molar-refractivity contribution in [2.24, 2.45) is 0 Å². The number of rotatable bonds is 11. The molecule has 0 saturated heterocycles. The van der Waals surface area contributed by atoms with E-state index in [1.54, 1.807) is 0 Å². The van der Waals surface area contributed by atoms with Crippen molar-refractivity contribution in [2.75, 3.05) is 39.0 Å². The Kier molecular flexibility index (Phi) is 9.63. The van der Waals surface area contributed by atoms with Gasteiger partial charge < -0.3 is 10.2 Å². The lowest BCUT2D eigenvalue weighted by atomic mass is 10.3. The van der Waals surface area contributed by atoms with Crippen LogP contribution in [-0.2, 0) is 10.0 Å². The largest absolute Gasteiger partial charge is 0.316 e. The summed E-state index contributed by atoms with van der Waals surface area (Å²) >= 11 is 0. The first kappa shape index (κ1) is 17.8. The molecule has 0 radical (unpaired) electrons. The molecule has 0 aromatic carbocycles. The lowest BCUT2D eigenvalue weighted by Gasteiger charge is -2.20. The van der Waals surface area contributed by atoms with E-state index in [9.17, 15) is 8.42 Å². The van der Waals surface area contributed by atoms with Crippen LogP contribution in [-0.4, -0.2) is 58.3 Å². The molecule has 0 aromatic heterocycles. The second-order valence-corrected chi connectivity index (χ2v) is 6.82. The summed E-state index contributed by atoms with van der Waals surface area (Å²) in [6.45, 7) is 9.14. The summed E-state index contributed by atoms with van der Waals surface area (Å²) in [5.41, 5.74) is 0. The van der Waals surface area contributed by atoms with Crippen molar-refractivity contribution in [3.63, 3.8) is 0 Å². The average Bonchev–Trinajstić information content (AvgIpc) is 2.30.